The highest BCUT2D eigenvalue weighted by molar-refractivity contribution is 5.94. The summed E-state index contributed by atoms with van der Waals surface area (Å²) < 4.78 is 13.3. The van der Waals surface area contributed by atoms with E-state index in [2.05, 4.69) is 32.7 Å². The number of carbonyl (C=O) groups is 1. The van der Waals surface area contributed by atoms with Crippen molar-refractivity contribution in [1.29, 1.82) is 0 Å². The predicted molar refractivity (Wildman–Crippen MR) is 111 cm³/mol. The van der Waals surface area contributed by atoms with Crippen LogP contribution >= 0.6 is 0 Å². The summed E-state index contributed by atoms with van der Waals surface area (Å²) in [5.74, 6) is 0.271. The molecular formula is C23H23FN4O. The summed E-state index contributed by atoms with van der Waals surface area (Å²) in [6.07, 6.45) is 1.66. The Labute approximate surface area is 169 Å². The lowest BCUT2D eigenvalue weighted by Gasteiger charge is -2.34. The number of rotatable bonds is 5. The molecule has 6 heteroatoms. The molecule has 1 amide bonds. The number of halogens is 1. The fourth-order valence-electron chi connectivity index (χ4n) is 3.53. The van der Waals surface area contributed by atoms with Gasteiger partial charge in [-0.1, -0.05) is 42.5 Å². The Bertz CT molecular complexity index is 979. The molecule has 1 aromatic heterocycles. The van der Waals surface area contributed by atoms with Crippen LogP contribution in [0.2, 0.25) is 0 Å². The van der Waals surface area contributed by atoms with Gasteiger partial charge in [-0.2, -0.15) is 0 Å². The van der Waals surface area contributed by atoms with E-state index in [-0.39, 0.29) is 24.3 Å². The van der Waals surface area contributed by atoms with E-state index in [1.165, 1.54) is 17.7 Å². The number of nitrogens with one attached hydrogen (secondary N) is 2. The topological polar surface area (TPSA) is 57.3 Å². The average Bonchev–Trinajstić information content (AvgIpc) is 2.78. The van der Waals surface area contributed by atoms with Gasteiger partial charge in [0, 0.05) is 44.0 Å². The van der Waals surface area contributed by atoms with Crippen molar-refractivity contribution in [2.24, 2.45) is 0 Å². The minimum atomic E-state index is -0.311. The standard InChI is InChI=1S/C23H23FN4O/c24-20-8-4-5-17(13-20)15-27-23(29)19-9-10-26-22(14-19)28-12-11-25-21(16-28)18-6-2-1-3-7-18/h1-10,13-14,21,25H,11-12,15-16H2,(H,27,29)/t21-/m0/s1. The van der Waals surface area contributed by atoms with E-state index >= 15 is 0 Å². The summed E-state index contributed by atoms with van der Waals surface area (Å²) in [6, 6.07) is 20.3. The molecule has 148 valence electrons. The second kappa shape index (κ2) is 8.84. The highest BCUT2D eigenvalue weighted by atomic mass is 19.1. The second-order valence-corrected chi connectivity index (χ2v) is 7.08. The number of benzene rings is 2. The number of aromatic nitrogens is 1. The molecule has 0 radical (unpaired) electrons. The van der Waals surface area contributed by atoms with Gasteiger partial charge in [-0.05, 0) is 35.4 Å². The van der Waals surface area contributed by atoms with E-state index in [1.807, 2.05) is 24.3 Å². The molecule has 0 spiro atoms. The van der Waals surface area contributed by atoms with E-state index in [0.29, 0.717) is 5.56 Å². The normalized spacial score (nSPS) is 16.4. The zero-order chi connectivity index (χ0) is 20.1. The van der Waals surface area contributed by atoms with Gasteiger partial charge in [-0.25, -0.2) is 9.37 Å². The fraction of sp³-hybridized carbons (Fsp3) is 0.217. The fourth-order valence-corrected chi connectivity index (χ4v) is 3.53. The molecule has 2 N–H and O–H groups in total. The number of anilines is 1. The Morgan fingerprint density at radius 3 is 2.83 bits per heavy atom. The van der Waals surface area contributed by atoms with Crippen molar-refractivity contribution in [1.82, 2.24) is 15.6 Å². The summed E-state index contributed by atoms with van der Waals surface area (Å²) in [4.78, 5) is 19.2. The van der Waals surface area contributed by atoms with Gasteiger partial charge in [0.1, 0.15) is 11.6 Å². The zero-order valence-electron chi connectivity index (χ0n) is 16.0. The minimum Gasteiger partial charge on any atom is -0.353 e. The first-order valence-corrected chi connectivity index (χ1v) is 9.71. The van der Waals surface area contributed by atoms with Crippen molar-refractivity contribution in [3.05, 3.63) is 95.4 Å². The first kappa shape index (κ1) is 19.1. The van der Waals surface area contributed by atoms with Crippen molar-refractivity contribution < 1.29 is 9.18 Å². The lowest BCUT2D eigenvalue weighted by Crippen LogP contribution is -2.46. The molecule has 1 aliphatic heterocycles. The third kappa shape index (κ3) is 4.78. The van der Waals surface area contributed by atoms with Gasteiger partial charge in [0.05, 0.1) is 0 Å². The molecule has 1 atom stereocenters. The van der Waals surface area contributed by atoms with Gasteiger partial charge in [0.2, 0.25) is 0 Å². The van der Waals surface area contributed by atoms with Crippen LogP contribution < -0.4 is 15.5 Å². The average molecular weight is 390 g/mol. The molecule has 2 heterocycles. The van der Waals surface area contributed by atoms with Crippen LogP contribution in [-0.2, 0) is 6.54 Å². The summed E-state index contributed by atoms with van der Waals surface area (Å²) in [7, 11) is 0. The van der Waals surface area contributed by atoms with Crippen LogP contribution in [0.3, 0.4) is 0 Å². The Kier molecular flexibility index (Phi) is 5.81. The highest BCUT2D eigenvalue weighted by Crippen LogP contribution is 2.21. The maximum absolute atomic E-state index is 13.3. The number of hydrogen-bond donors (Lipinski definition) is 2. The van der Waals surface area contributed by atoms with Crippen molar-refractivity contribution in [3.63, 3.8) is 0 Å². The van der Waals surface area contributed by atoms with Crippen LogP contribution in [-0.4, -0.2) is 30.5 Å². The molecule has 1 aliphatic rings. The van der Waals surface area contributed by atoms with E-state index in [4.69, 9.17) is 0 Å². The van der Waals surface area contributed by atoms with E-state index in [1.54, 1.807) is 24.4 Å². The Morgan fingerprint density at radius 1 is 1.14 bits per heavy atom. The van der Waals surface area contributed by atoms with Crippen LogP contribution in [0.1, 0.15) is 27.5 Å². The quantitative estimate of drug-likeness (QED) is 0.702. The molecule has 29 heavy (non-hydrogen) atoms. The van der Waals surface area contributed by atoms with Crippen molar-refractivity contribution in [2.75, 3.05) is 24.5 Å². The zero-order valence-corrected chi connectivity index (χ0v) is 16.0. The lowest BCUT2D eigenvalue weighted by atomic mass is 10.0. The summed E-state index contributed by atoms with van der Waals surface area (Å²) in [5, 5.41) is 6.38. The number of carbonyl (C=O) groups excluding carboxylic acids is 1. The Balaban J connectivity index is 1.43. The van der Waals surface area contributed by atoms with E-state index in [0.717, 1.165) is 31.0 Å². The van der Waals surface area contributed by atoms with Gasteiger partial charge in [-0.3, -0.25) is 4.79 Å². The van der Waals surface area contributed by atoms with Crippen molar-refractivity contribution in [2.45, 2.75) is 12.6 Å². The van der Waals surface area contributed by atoms with Crippen LogP contribution in [0.5, 0.6) is 0 Å². The molecule has 4 rings (SSSR count). The lowest BCUT2D eigenvalue weighted by molar-refractivity contribution is 0.0950. The van der Waals surface area contributed by atoms with Crippen LogP contribution in [0.4, 0.5) is 10.2 Å². The SMILES string of the molecule is O=C(NCc1cccc(F)c1)c1ccnc(N2CCN[C@H](c3ccccc3)C2)c1. The summed E-state index contributed by atoms with van der Waals surface area (Å²) in [6.45, 7) is 2.73. The van der Waals surface area contributed by atoms with E-state index < -0.39 is 0 Å². The van der Waals surface area contributed by atoms with Crippen LogP contribution in [0, 0.1) is 5.82 Å². The second-order valence-electron chi connectivity index (χ2n) is 7.08. The summed E-state index contributed by atoms with van der Waals surface area (Å²) in [5.41, 5.74) is 2.50. The molecule has 0 aliphatic carbocycles. The minimum absolute atomic E-state index is 0.201. The highest BCUT2D eigenvalue weighted by Gasteiger charge is 2.22. The van der Waals surface area contributed by atoms with Gasteiger partial charge in [0.25, 0.3) is 5.91 Å². The molecule has 1 saturated heterocycles. The molecule has 3 aromatic rings. The predicted octanol–water partition coefficient (Wildman–Crippen LogP) is 3.30. The number of pyridine rings is 1. The first-order valence-electron chi connectivity index (χ1n) is 9.71. The summed E-state index contributed by atoms with van der Waals surface area (Å²) >= 11 is 0. The molecule has 1 fully saturated rings. The molecular weight excluding hydrogens is 367 g/mol. The first-order chi connectivity index (χ1) is 14.2. The molecule has 0 bridgehead atoms. The smallest absolute Gasteiger partial charge is 0.251 e. The van der Waals surface area contributed by atoms with E-state index in [9.17, 15) is 9.18 Å². The number of nitrogens with zero attached hydrogens (tertiary/aromatic N) is 2. The van der Waals surface area contributed by atoms with Gasteiger partial charge in [-0.15, -0.1) is 0 Å². The van der Waals surface area contributed by atoms with Gasteiger partial charge in [0.15, 0.2) is 0 Å². The number of amides is 1. The third-order valence-electron chi connectivity index (χ3n) is 5.05. The number of piperazine rings is 1. The Morgan fingerprint density at radius 2 is 2.00 bits per heavy atom. The number of hydrogen-bond acceptors (Lipinski definition) is 4. The molecule has 5 nitrogen and oxygen atoms in total. The van der Waals surface area contributed by atoms with Crippen molar-refractivity contribution in [3.8, 4) is 0 Å². The van der Waals surface area contributed by atoms with Gasteiger partial charge < -0.3 is 15.5 Å². The van der Waals surface area contributed by atoms with Crippen LogP contribution in [0.15, 0.2) is 72.9 Å². The van der Waals surface area contributed by atoms with Crippen LogP contribution in [0.25, 0.3) is 0 Å². The maximum atomic E-state index is 13.3. The largest absolute Gasteiger partial charge is 0.353 e. The molecule has 0 unspecified atom stereocenters. The third-order valence-corrected chi connectivity index (χ3v) is 5.05. The Hall–Kier alpha value is -3.25. The maximum Gasteiger partial charge on any atom is 0.251 e. The van der Waals surface area contributed by atoms with Crippen molar-refractivity contribution >= 4 is 11.7 Å². The monoisotopic (exact) mass is 390 g/mol. The molecule has 0 saturated carbocycles. The molecule has 2 aromatic carbocycles. The van der Waals surface area contributed by atoms with Gasteiger partial charge >= 0.3 is 0 Å².